The fourth-order valence-corrected chi connectivity index (χ4v) is 4.10. The van der Waals surface area contributed by atoms with Gasteiger partial charge in [-0.15, -0.1) is 0 Å². The molecule has 0 heterocycles. The van der Waals surface area contributed by atoms with Crippen LogP contribution in [0.2, 0.25) is 0 Å². The summed E-state index contributed by atoms with van der Waals surface area (Å²) in [5, 5.41) is 0. The zero-order valence-corrected chi connectivity index (χ0v) is 17.7. The van der Waals surface area contributed by atoms with E-state index in [1.54, 1.807) is 0 Å². The standard InChI is InChI=1S/2C9H18.2CH3.Cr/c2*1-6-5-7(2)9(4)8(6)3;;;/h2*6-9H,5H2,1-4H3;2*1H3;/q;;2*-1;+2. The third-order valence-electron chi connectivity index (χ3n) is 6.74. The molecule has 21 heavy (non-hydrogen) atoms. The molecule has 0 saturated heterocycles. The fourth-order valence-electron chi connectivity index (χ4n) is 4.10. The van der Waals surface area contributed by atoms with Gasteiger partial charge in [0.2, 0.25) is 0 Å². The average molecular weight is 335 g/mol. The quantitative estimate of drug-likeness (QED) is 0.429. The van der Waals surface area contributed by atoms with Gasteiger partial charge in [0.1, 0.15) is 0 Å². The second kappa shape index (κ2) is 11.1. The molecular weight excluding hydrogens is 292 g/mol. The minimum Gasteiger partial charge on any atom is -0.358 e. The van der Waals surface area contributed by atoms with E-state index in [4.69, 9.17) is 0 Å². The molecule has 0 bridgehead atoms. The third-order valence-corrected chi connectivity index (χ3v) is 6.74. The third kappa shape index (κ3) is 6.66. The Hall–Kier alpha value is 0.532. The Morgan fingerprint density at radius 3 is 0.619 bits per heavy atom. The topological polar surface area (TPSA) is 0 Å². The van der Waals surface area contributed by atoms with Crippen LogP contribution in [-0.2, 0) is 17.4 Å². The van der Waals surface area contributed by atoms with E-state index >= 15 is 0 Å². The van der Waals surface area contributed by atoms with Gasteiger partial charge in [-0.3, -0.25) is 0 Å². The average Bonchev–Trinajstić information content (AvgIpc) is 2.66. The largest absolute Gasteiger partial charge is 2.00 e. The van der Waals surface area contributed by atoms with Crippen LogP contribution in [0.5, 0.6) is 0 Å². The summed E-state index contributed by atoms with van der Waals surface area (Å²) < 4.78 is 0. The summed E-state index contributed by atoms with van der Waals surface area (Å²) in [6, 6.07) is 0. The first-order valence-electron chi connectivity index (χ1n) is 8.25. The number of hydrogen-bond donors (Lipinski definition) is 0. The zero-order valence-electron chi connectivity index (χ0n) is 16.4. The molecule has 128 valence electrons. The van der Waals surface area contributed by atoms with Crippen LogP contribution in [0.1, 0.15) is 68.2 Å². The predicted molar refractivity (Wildman–Crippen MR) is 95.4 cm³/mol. The van der Waals surface area contributed by atoms with Gasteiger partial charge in [0.25, 0.3) is 0 Å². The van der Waals surface area contributed by atoms with Crippen molar-refractivity contribution in [3.05, 3.63) is 14.9 Å². The van der Waals surface area contributed by atoms with E-state index in [0.717, 1.165) is 47.3 Å². The number of hydrogen-bond acceptors (Lipinski definition) is 0. The molecule has 0 spiro atoms. The van der Waals surface area contributed by atoms with E-state index < -0.39 is 0 Å². The van der Waals surface area contributed by atoms with Crippen molar-refractivity contribution in [1.29, 1.82) is 0 Å². The van der Waals surface area contributed by atoms with Gasteiger partial charge in [-0.25, -0.2) is 0 Å². The van der Waals surface area contributed by atoms with Gasteiger partial charge in [0, 0.05) is 0 Å². The molecule has 0 aromatic rings. The predicted octanol–water partition coefficient (Wildman–Crippen LogP) is 6.77. The minimum absolute atomic E-state index is 0. The van der Waals surface area contributed by atoms with E-state index in [1.807, 2.05) is 0 Å². The molecule has 2 rings (SSSR count). The Morgan fingerprint density at radius 1 is 0.429 bits per heavy atom. The van der Waals surface area contributed by atoms with Gasteiger partial charge in [-0.1, -0.05) is 55.4 Å². The summed E-state index contributed by atoms with van der Waals surface area (Å²) >= 11 is 0. The summed E-state index contributed by atoms with van der Waals surface area (Å²) in [7, 11) is 0. The first-order valence-corrected chi connectivity index (χ1v) is 8.25. The first-order chi connectivity index (χ1) is 8.25. The van der Waals surface area contributed by atoms with Gasteiger partial charge < -0.3 is 14.9 Å². The van der Waals surface area contributed by atoms with Gasteiger partial charge in [0.05, 0.1) is 0 Å². The molecule has 1 heteroatoms. The SMILES string of the molecule is CC1CC(C)C(C)C1C.CC1CC(C)C(C)C1C.[CH3-].[CH3-].[Cr+2]. The molecule has 8 atom stereocenters. The Bertz CT molecular complexity index is 200. The Morgan fingerprint density at radius 2 is 0.571 bits per heavy atom. The van der Waals surface area contributed by atoms with Crippen LogP contribution in [0.15, 0.2) is 0 Å². The number of rotatable bonds is 0. The molecule has 0 N–H and O–H groups in total. The van der Waals surface area contributed by atoms with Crippen molar-refractivity contribution in [2.75, 3.05) is 0 Å². The van der Waals surface area contributed by atoms with Crippen LogP contribution in [0, 0.1) is 62.2 Å². The van der Waals surface area contributed by atoms with E-state index in [0.29, 0.717) is 0 Å². The minimum atomic E-state index is 0. The van der Waals surface area contributed by atoms with Crippen molar-refractivity contribution in [3.8, 4) is 0 Å². The normalized spacial score (nSPS) is 44.6. The Balaban J connectivity index is -0.000000270. The van der Waals surface area contributed by atoms with Crippen LogP contribution >= 0.6 is 0 Å². The van der Waals surface area contributed by atoms with Crippen LogP contribution in [0.25, 0.3) is 0 Å². The summed E-state index contributed by atoms with van der Waals surface area (Å²) in [6.45, 7) is 19.1. The van der Waals surface area contributed by atoms with Crippen LogP contribution in [-0.4, -0.2) is 0 Å². The molecule has 0 radical (unpaired) electrons. The van der Waals surface area contributed by atoms with E-state index in [1.165, 1.54) is 12.8 Å². The summed E-state index contributed by atoms with van der Waals surface area (Å²) in [5.74, 6) is 7.70. The fraction of sp³-hybridized carbons (Fsp3) is 0.900. The maximum atomic E-state index is 2.39. The molecule has 0 nitrogen and oxygen atoms in total. The molecule has 2 saturated carbocycles. The van der Waals surface area contributed by atoms with Crippen molar-refractivity contribution in [1.82, 2.24) is 0 Å². The summed E-state index contributed by atoms with van der Waals surface area (Å²) in [6.07, 6.45) is 2.89. The molecular formula is C20H42Cr. The first kappa shape index (κ1) is 26.4. The molecule has 8 unspecified atom stereocenters. The second-order valence-corrected chi connectivity index (χ2v) is 7.82. The summed E-state index contributed by atoms with van der Waals surface area (Å²) in [5.41, 5.74) is 0. The molecule has 2 fully saturated rings. The van der Waals surface area contributed by atoms with Crippen molar-refractivity contribution in [2.45, 2.75) is 68.2 Å². The molecule has 0 aromatic heterocycles. The zero-order chi connectivity index (χ0) is 14.0. The van der Waals surface area contributed by atoms with Crippen LogP contribution < -0.4 is 0 Å². The van der Waals surface area contributed by atoms with Crippen molar-refractivity contribution in [2.24, 2.45) is 47.3 Å². The van der Waals surface area contributed by atoms with Gasteiger partial charge in [-0.05, 0) is 60.2 Å². The molecule has 0 amide bonds. The van der Waals surface area contributed by atoms with Crippen molar-refractivity contribution < 1.29 is 17.4 Å². The molecule has 2 aliphatic rings. The van der Waals surface area contributed by atoms with E-state index in [2.05, 4.69) is 55.4 Å². The van der Waals surface area contributed by atoms with Crippen LogP contribution in [0.3, 0.4) is 0 Å². The second-order valence-electron chi connectivity index (χ2n) is 7.82. The molecule has 2 aliphatic carbocycles. The monoisotopic (exact) mass is 334 g/mol. The van der Waals surface area contributed by atoms with Crippen molar-refractivity contribution in [3.63, 3.8) is 0 Å². The van der Waals surface area contributed by atoms with Gasteiger partial charge >= 0.3 is 17.4 Å². The van der Waals surface area contributed by atoms with E-state index in [-0.39, 0.29) is 32.2 Å². The maximum Gasteiger partial charge on any atom is 2.00 e. The molecule has 0 aromatic carbocycles. The molecule has 0 aliphatic heterocycles. The Labute approximate surface area is 148 Å². The van der Waals surface area contributed by atoms with Crippen LogP contribution in [0.4, 0.5) is 0 Å². The van der Waals surface area contributed by atoms with Crippen molar-refractivity contribution >= 4 is 0 Å². The summed E-state index contributed by atoms with van der Waals surface area (Å²) in [4.78, 5) is 0. The van der Waals surface area contributed by atoms with E-state index in [9.17, 15) is 0 Å². The Kier molecular flexibility index (Phi) is 14.0. The van der Waals surface area contributed by atoms with Gasteiger partial charge in [-0.2, -0.15) is 0 Å². The van der Waals surface area contributed by atoms with Gasteiger partial charge in [0.15, 0.2) is 0 Å². The smallest absolute Gasteiger partial charge is 0.358 e. The maximum absolute atomic E-state index is 2.39.